The van der Waals surface area contributed by atoms with Crippen LogP contribution in [0.25, 0.3) is 0 Å². The van der Waals surface area contributed by atoms with Crippen molar-refractivity contribution in [3.05, 3.63) is 75.8 Å². The summed E-state index contributed by atoms with van der Waals surface area (Å²) in [6, 6.07) is 13.1. The molecule has 0 spiro atoms. The maximum atomic E-state index is 13.7. The third-order valence-corrected chi connectivity index (χ3v) is 8.40. The molecule has 2 aliphatic rings. The molecule has 3 aromatic carbocycles. The molecule has 0 fully saturated rings. The topological polar surface area (TPSA) is 113 Å². The van der Waals surface area contributed by atoms with E-state index in [-0.39, 0.29) is 23.4 Å². The van der Waals surface area contributed by atoms with Crippen molar-refractivity contribution in [2.24, 2.45) is 11.3 Å². The largest absolute Gasteiger partial charge is 0.586 e. The number of hydrazine groups is 1. The molecule has 0 bridgehead atoms. The maximum absolute atomic E-state index is 13.7. The molecule has 1 atom stereocenters. The van der Waals surface area contributed by atoms with E-state index in [4.69, 9.17) is 21.1 Å². The van der Waals surface area contributed by atoms with E-state index in [1.807, 2.05) is 52.0 Å². The van der Waals surface area contributed by atoms with E-state index >= 15 is 0 Å². The lowest BCUT2D eigenvalue weighted by Gasteiger charge is -2.35. The van der Waals surface area contributed by atoms with E-state index in [1.54, 1.807) is 13.1 Å². The summed E-state index contributed by atoms with van der Waals surface area (Å²) in [5.74, 6) is 5.72. The number of carbonyl (C=O) groups is 1. The highest BCUT2D eigenvalue weighted by Crippen LogP contribution is 2.47. The van der Waals surface area contributed by atoms with E-state index in [9.17, 15) is 13.6 Å². The number of aryl methyl sites for hydroxylation is 1. The molecule has 0 amide bonds. The second kappa shape index (κ2) is 11.2. The first kappa shape index (κ1) is 30.4. The van der Waals surface area contributed by atoms with Gasteiger partial charge in [-0.3, -0.25) is 9.69 Å². The minimum atomic E-state index is -3.70. The van der Waals surface area contributed by atoms with Gasteiger partial charge in [0.05, 0.1) is 23.9 Å². The zero-order valence-electron chi connectivity index (χ0n) is 25.3. The Hall–Kier alpha value is -4.09. The maximum Gasteiger partial charge on any atom is 0.586 e. The van der Waals surface area contributed by atoms with Crippen LogP contribution in [0.4, 0.5) is 20.2 Å². The molecular formula is C32H38F2N4O5. The minimum absolute atomic E-state index is 0.0123. The zero-order chi connectivity index (χ0) is 31.3. The Labute approximate surface area is 250 Å². The molecule has 4 N–H and O–H groups in total. The van der Waals surface area contributed by atoms with Gasteiger partial charge in [-0.2, -0.15) is 0 Å². The standard InChI is InChI=1S/C32H38F2N4O5/c1-18-7-8-20(28(31(3,4)30(39)40-6)23-9-10-24(37(5)36)29(35)19(23)2)13-21(18)16-38-11-12-41-25-15-27-26(14-22(25)17-38)42-32(33,34)43-27/h7-10,13-15,28H,11-12,16-17,35-36H2,1-6H3. The summed E-state index contributed by atoms with van der Waals surface area (Å²) in [7, 11) is 3.12. The average Bonchev–Trinajstić information content (AvgIpc) is 3.10. The van der Waals surface area contributed by atoms with Gasteiger partial charge in [-0.1, -0.05) is 24.3 Å². The molecule has 1 unspecified atom stereocenters. The number of carbonyl (C=O) groups excluding carboxylic acids is 1. The van der Waals surface area contributed by atoms with Gasteiger partial charge in [0.25, 0.3) is 0 Å². The van der Waals surface area contributed by atoms with Crippen LogP contribution in [-0.4, -0.2) is 44.5 Å². The van der Waals surface area contributed by atoms with E-state index in [2.05, 4.69) is 20.4 Å². The van der Waals surface area contributed by atoms with Crippen molar-refractivity contribution in [1.29, 1.82) is 0 Å². The number of methoxy groups -OCH3 is 1. The third-order valence-electron chi connectivity index (χ3n) is 8.40. The fraction of sp³-hybridized carbons (Fsp3) is 0.406. The van der Waals surface area contributed by atoms with Gasteiger partial charge in [-0.15, -0.1) is 8.78 Å². The molecule has 230 valence electrons. The number of ether oxygens (including phenoxy) is 4. The van der Waals surface area contributed by atoms with Gasteiger partial charge < -0.3 is 29.7 Å². The molecule has 0 saturated carbocycles. The summed E-state index contributed by atoms with van der Waals surface area (Å²) in [6.45, 7) is 9.73. The van der Waals surface area contributed by atoms with Gasteiger partial charge in [-0.25, -0.2) is 5.84 Å². The van der Waals surface area contributed by atoms with Crippen molar-refractivity contribution in [3.63, 3.8) is 0 Å². The fourth-order valence-corrected chi connectivity index (χ4v) is 6.02. The normalized spacial score (nSPS) is 16.6. The SMILES string of the molecule is COC(=O)C(C)(C)C(c1ccc(C)c(CN2CCOc3cc4c(cc3C2)OC(F)(F)O4)c1)c1ccc(N(C)N)c(N)c1C. The predicted octanol–water partition coefficient (Wildman–Crippen LogP) is 5.24. The molecule has 9 nitrogen and oxygen atoms in total. The first-order chi connectivity index (χ1) is 20.2. The molecule has 0 aliphatic carbocycles. The first-order valence-electron chi connectivity index (χ1n) is 14.0. The van der Waals surface area contributed by atoms with Crippen molar-refractivity contribution in [2.75, 3.05) is 38.1 Å². The second-order valence-corrected chi connectivity index (χ2v) is 11.8. The molecule has 11 heteroatoms. The van der Waals surface area contributed by atoms with E-state index in [1.165, 1.54) is 18.2 Å². The number of nitrogens with two attached hydrogens (primary N) is 2. The summed E-state index contributed by atoms with van der Waals surface area (Å²) >= 11 is 0. The minimum Gasteiger partial charge on any atom is -0.492 e. The number of nitrogen functional groups attached to an aromatic ring is 1. The van der Waals surface area contributed by atoms with Crippen molar-refractivity contribution in [1.82, 2.24) is 4.90 Å². The fourth-order valence-electron chi connectivity index (χ4n) is 6.02. The van der Waals surface area contributed by atoms with Crippen LogP contribution in [0.1, 0.15) is 53.1 Å². The van der Waals surface area contributed by atoms with E-state index < -0.39 is 11.7 Å². The molecule has 3 aromatic rings. The molecule has 0 radical (unpaired) electrons. The summed E-state index contributed by atoms with van der Waals surface area (Å²) in [5, 5.41) is 1.47. The summed E-state index contributed by atoms with van der Waals surface area (Å²) in [5.41, 5.74) is 12.4. The van der Waals surface area contributed by atoms with Crippen LogP contribution in [0.15, 0.2) is 42.5 Å². The number of hydrogen-bond donors (Lipinski definition) is 2. The Bertz CT molecular complexity index is 1560. The summed E-state index contributed by atoms with van der Waals surface area (Å²) in [6.07, 6.45) is -3.70. The van der Waals surface area contributed by atoms with Gasteiger partial charge >= 0.3 is 12.3 Å². The first-order valence-corrected chi connectivity index (χ1v) is 14.0. The van der Waals surface area contributed by atoms with Crippen molar-refractivity contribution in [2.45, 2.75) is 53.0 Å². The van der Waals surface area contributed by atoms with Crippen LogP contribution < -0.4 is 30.8 Å². The van der Waals surface area contributed by atoms with Gasteiger partial charge in [0, 0.05) is 44.2 Å². The Kier molecular flexibility index (Phi) is 7.91. The number of hydrogen-bond acceptors (Lipinski definition) is 9. The quantitative estimate of drug-likeness (QED) is 0.164. The van der Waals surface area contributed by atoms with Crippen LogP contribution in [0.3, 0.4) is 0 Å². The molecule has 0 aromatic heterocycles. The molecule has 2 aliphatic heterocycles. The Morgan fingerprint density at radius 2 is 1.81 bits per heavy atom. The Balaban J connectivity index is 1.50. The highest BCUT2D eigenvalue weighted by molar-refractivity contribution is 5.80. The molecule has 2 heterocycles. The van der Waals surface area contributed by atoms with Crippen molar-refractivity contribution < 1.29 is 32.5 Å². The van der Waals surface area contributed by atoms with E-state index in [0.29, 0.717) is 43.4 Å². The lowest BCUT2D eigenvalue weighted by Crippen LogP contribution is -2.34. The zero-order valence-corrected chi connectivity index (χ0v) is 25.3. The summed E-state index contributed by atoms with van der Waals surface area (Å²) in [4.78, 5) is 15.4. The van der Waals surface area contributed by atoms with Crippen LogP contribution >= 0.6 is 0 Å². The van der Waals surface area contributed by atoms with Gasteiger partial charge in [0.1, 0.15) is 12.4 Å². The number of rotatable bonds is 7. The van der Waals surface area contributed by atoms with Crippen LogP contribution in [0, 0.1) is 19.3 Å². The molecule has 0 saturated heterocycles. The van der Waals surface area contributed by atoms with Gasteiger partial charge in [-0.05, 0) is 67.6 Å². The van der Waals surface area contributed by atoms with Crippen LogP contribution in [0.5, 0.6) is 17.2 Å². The lowest BCUT2D eigenvalue weighted by atomic mass is 9.69. The monoisotopic (exact) mass is 596 g/mol. The van der Waals surface area contributed by atoms with Crippen molar-refractivity contribution in [3.8, 4) is 17.2 Å². The third kappa shape index (κ3) is 5.79. The average molecular weight is 597 g/mol. The number of anilines is 2. The highest BCUT2D eigenvalue weighted by Gasteiger charge is 2.44. The number of alkyl halides is 2. The molecular weight excluding hydrogens is 558 g/mol. The Morgan fingerprint density at radius 1 is 1.12 bits per heavy atom. The number of esters is 1. The smallest absolute Gasteiger partial charge is 0.492 e. The summed E-state index contributed by atoms with van der Waals surface area (Å²) < 4.78 is 47.7. The highest BCUT2D eigenvalue weighted by atomic mass is 19.3. The predicted molar refractivity (Wildman–Crippen MR) is 159 cm³/mol. The van der Waals surface area contributed by atoms with Crippen LogP contribution in [0.2, 0.25) is 0 Å². The van der Waals surface area contributed by atoms with Gasteiger partial charge in [0.2, 0.25) is 0 Å². The molecule has 5 rings (SSSR count). The molecule has 43 heavy (non-hydrogen) atoms. The van der Waals surface area contributed by atoms with Crippen LogP contribution in [-0.2, 0) is 22.6 Å². The van der Waals surface area contributed by atoms with E-state index in [0.717, 1.165) is 33.4 Å². The van der Waals surface area contributed by atoms with Gasteiger partial charge in [0.15, 0.2) is 11.5 Å². The number of benzene rings is 3. The lowest BCUT2D eigenvalue weighted by molar-refractivity contribution is -0.286. The number of nitrogens with zero attached hydrogens (tertiary/aromatic N) is 2. The second-order valence-electron chi connectivity index (χ2n) is 11.8. The van der Waals surface area contributed by atoms with Crippen molar-refractivity contribution >= 4 is 17.3 Å². The number of halogens is 2. The Morgan fingerprint density at radius 3 is 2.49 bits per heavy atom. The number of fused-ring (bicyclic) bond motifs is 2.